The highest BCUT2D eigenvalue weighted by molar-refractivity contribution is 5.80. The van der Waals surface area contributed by atoms with Crippen LogP contribution in [0.15, 0.2) is 29.3 Å². The van der Waals surface area contributed by atoms with Gasteiger partial charge in [0.1, 0.15) is 5.75 Å². The Hall–Kier alpha value is -1.75. The zero-order valence-corrected chi connectivity index (χ0v) is 15.5. The summed E-state index contributed by atoms with van der Waals surface area (Å²) in [4.78, 5) is 7.38. The highest BCUT2D eigenvalue weighted by Crippen LogP contribution is 2.27. The molecule has 1 aromatic carbocycles. The minimum Gasteiger partial charge on any atom is -0.497 e. The molecule has 2 N–H and O–H groups in total. The number of guanidine groups is 1. The van der Waals surface area contributed by atoms with Gasteiger partial charge in [0, 0.05) is 12.6 Å². The average molecular weight is 332 g/mol. The predicted octanol–water partition coefficient (Wildman–Crippen LogP) is 2.80. The Balaban J connectivity index is 2.18. The van der Waals surface area contributed by atoms with Gasteiger partial charge in [-0.3, -0.25) is 9.89 Å². The molecule has 1 saturated heterocycles. The van der Waals surface area contributed by atoms with Crippen LogP contribution in [-0.2, 0) is 0 Å². The van der Waals surface area contributed by atoms with E-state index in [-0.39, 0.29) is 0 Å². The van der Waals surface area contributed by atoms with Gasteiger partial charge in [-0.1, -0.05) is 12.1 Å². The van der Waals surface area contributed by atoms with Crippen LogP contribution in [0.25, 0.3) is 0 Å². The Labute approximate surface area is 146 Å². The van der Waals surface area contributed by atoms with Crippen molar-refractivity contribution in [2.45, 2.75) is 45.7 Å². The lowest BCUT2D eigenvalue weighted by Gasteiger charge is -2.27. The van der Waals surface area contributed by atoms with E-state index in [0.717, 1.165) is 37.9 Å². The largest absolute Gasteiger partial charge is 0.497 e. The first kappa shape index (κ1) is 18.6. The highest BCUT2D eigenvalue weighted by Gasteiger charge is 2.23. The van der Waals surface area contributed by atoms with E-state index >= 15 is 0 Å². The number of ether oxygens (including phenoxy) is 1. The van der Waals surface area contributed by atoms with Gasteiger partial charge in [-0.2, -0.15) is 0 Å². The third kappa shape index (κ3) is 5.41. The number of nitrogens with one attached hydrogen (secondary N) is 2. The van der Waals surface area contributed by atoms with Crippen LogP contribution in [0.4, 0.5) is 0 Å². The first-order chi connectivity index (χ1) is 11.6. The molecule has 5 heteroatoms. The Morgan fingerprint density at radius 3 is 2.67 bits per heavy atom. The van der Waals surface area contributed by atoms with Crippen LogP contribution in [0.5, 0.6) is 5.75 Å². The lowest BCUT2D eigenvalue weighted by molar-refractivity contribution is 0.251. The van der Waals surface area contributed by atoms with Crippen LogP contribution in [0.2, 0.25) is 0 Å². The molecule has 0 amide bonds. The SMILES string of the molecule is CCNC(=NCC(c1cccc(OC)c1)N1CCCC1)NC(C)C. The second kappa shape index (κ2) is 9.52. The van der Waals surface area contributed by atoms with E-state index in [4.69, 9.17) is 9.73 Å². The molecular weight excluding hydrogens is 300 g/mol. The molecule has 1 aliphatic heterocycles. The molecule has 0 aromatic heterocycles. The van der Waals surface area contributed by atoms with Crippen molar-refractivity contribution in [1.82, 2.24) is 15.5 Å². The topological polar surface area (TPSA) is 48.9 Å². The quantitative estimate of drug-likeness (QED) is 0.595. The van der Waals surface area contributed by atoms with Crippen molar-refractivity contribution in [3.8, 4) is 5.75 Å². The standard InChI is InChI=1S/C19H32N4O/c1-5-20-19(22-15(2)3)21-14-18(23-11-6-7-12-23)16-9-8-10-17(13-16)24-4/h8-10,13,15,18H,5-7,11-12,14H2,1-4H3,(H2,20,21,22). The number of likely N-dealkylation sites (tertiary alicyclic amines) is 1. The average Bonchev–Trinajstić information content (AvgIpc) is 3.09. The maximum absolute atomic E-state index is 5.41. The van der Waals surface area contributed by atoms with Crippen LogP contribution in [0.3, 0.4) is 0 Å². The second-order valence-corrected chi connectivity index (χ2v) is 6.55. The van der Waals surface area contributed by atoms with E-state index in [9.17, 15) is 0 Å². The fourth-order valence-corrected chi connectivity index (χ4v) is 3.10. The van der Waals surface area contributed by atoms with E-state index in [0.29, 0.717) is 12.1 Å². The molecule has 1 atom stereocenters. The van der Waals surface area contributed by atoms with Crippen molar-refractivity contribution >= 4 is 5.96 Å². The number of nitrogens with zero attached hydrogens (tertiary/aromatic N) is 2. The van der Waals surface area contributed by atoms with Gasteiger partial charge in [-0.05, 0) is 64.4 Å². The van der Waals surface area contributed by atoms with Crippen LogP contribution in [-0.4, -0.2) is 50.2 Å². The molecule has 0 radical (unpaired) electrons. The van der Waals surface area contributed by atoms with Crippen LogP contribution in [0.1, 0.15) is 45.2 Å². The van der Waals surface area contributed by atoms with Crippen molar-refractivity contribution in [1.29, 1.82) is 0 Å². The van der Waals surface area contributed by atoms with Crippen LogP contribution in [0, 0.1) is 0 Å². The molecule has 5 nitrogen and oxygen atoms in total. The minimum atomic E-state index is 0.296. The van der Waals surface area contributed by atoms with E-state index < -0.39 is 0 Å². The van der Waals surface area contributed by atoms with Gasteiger partial charge in [0.2, 0.25) is 0 Å². The second-order valence-electron chi connectivity index (χ2n) is 6.55. The fourth-order valence-electron chi connectivity index (χ4n) is 3.10. The van der Waals surface area contributed by atoms with Crippen molar-refractivity contribution in [3.05, 3.63) is 29.8 Å². The first-order valence-electron chi connectivity index (χ1n) is 9.07. The van der Waals surface area contributed by atoms with Gasteiger partial charge in [-0.15, -0.1) is 0 Å². The van der Waals surface area contributed by atoms with E-state index in [2.05, 4.69) is 54.5 Å². The van der Waals surface area contributed by atoms with Crippen LogP contribution < -0.4 is 15.4 Å². The number of aliphatic imine (C=N–C) groups is 1. The third-order valence-electron chi connectivity index (χ3n) is 4.25. The maximum atomic E-state index is 5.41. The van der Waals surface area contributed by atoms with Gasteiger partial charge in [0.15, 0.2) is 5.96 Å². The number of hydrogen-bond donors (Lipinski definition) is 2. The van der Waals surface area contributed by atoms with Crippen LogP contribution >= 0.6 is 0 Å². The zero-order chi connectivity index (χ0) is 17.4. The van der Waals surface area contributed by atoms with E-state index in [1.165, 1.54) is 18.4 Å². The van der Waals surface area contributed by atoms with Gasteiger partial charge in [-0.25, -0.2) is 0 Å². The number of benzene rings is 1. The summed E-state index contributed by atoms with van der Waals surface area (Å²) < 4.78 is 5.41. The van der Waals surface area contributed by atoms with Gasteiger partial charge in [0.25, 0.3) is 0 Å². The summed E-state index contributed by atoms with van der Waals surface area (Å²) in [5, 5.41) is 6.73. The molecular formula is C19H32N4O. The summed E-state index contributed by atoms with van der Waals surface area (Å²) in [6.45, 7) is 10.3. The predicted molar refractivity (Wildman–Crippen MR) is 101 cm³/mol. The summed E-state index contributed by atoms with van der Waals surface area (Å²) in [5.74, 6) is 1.80. The van der Waals surface area contributed by atoms with Crippen molar-refractivity contribution in [2.75, 3.05) is 33.3 Å². The van der Waals surface area contributed by atoms with Gasteiger partial charge >= 0.3 is 0 Å². The van der Waals surface area contributed by atoms with Crippen molar-refractivity contribution in [3.63, 3.8) is 0 Å². The van der Waals surface area contributed by atoms with Crippen molar-refractivity contribution in [2.24, 2.45) is 4.99 Å². The summed E-state index contributed by atoms with van der Waals surface area (Å²) >= 11 is 0. The smallest absolute Gasteiger partial charge is 0.191 e. The molecule has 1 heterocycles. The summed E-state index contributed by atoms with van der Waals surface area (Å²) in [7, 11) is 1.72. The molecule has 24 heavy (non-hydrogen) atoms. The summed E-state index contributed by atoms with van der Waals surface area (Å²) in [6.07, 6.45) is 2.54. The van der Waals surface area contributed by atoms with E-state index in [1.807, 2.05) is 6.07 Å². The van der Waals surface area contributed by atoms with Crippen molar-refractivity contribution < 1.29 is 4.74 Å². The van der Waals surface area contributed by atoms with Gasteiger partial charge in [0.05, 0.1) is 19.7 Å². The molecule has 0 saturated carbocycles. The Morgan fingerprint density at radius 2 is 2.04 bits per heavy atom. The molecule has 134 valence electrons. The molecule has 0 spiro atoms. The monoisotopic (exact) mass is 332 g/mol. The molecule has 1 fully saturated rings. The molecule has 2 rings (SSSR count). The molecule has 0 bridgehead atoms. The number of hydrogen-bond acceptors (Lipinski definition) is 3. The maximum Gasteiger partial charge on any atom is 0.191 e. The molecule has 1 aromatic rings. The molecule has 0 aliphatic carbocycles. The summed E-state index contributed by atoms with van der Waals surface area (Å²) in [5.41, 5.74) is 1.28. The number of methoxy groups -OCH3 is 1. The summed E-state index contributed by atoms with van der Waals surface area (Å²) in [6, 6.07) is 9.05. The molecule has 1 aliphatic rings. The lowest BCUT2D eigenvalue weighted by Crippen LogP contribution is -2.41. The normalized spacial score (nSPS) is 17.1. The Morgan fingerprint density at radius 1 is 1.29 bits per heavy atom. The Kier molecular flexibility index (Phi) is 7.37. The van der Waals surface area contributed by atoms with E-state index in [1.54, 1.807) is 7.11 Å². The molecule has 1 unspecified atom stereocenters. The lowest BCUT2D eigenvalue weighted by atomic mass is 10.1. The first-order valence-corrected chi connectivity index (χ1v) is 9.07. The zero-order valence-electron chi connectivity index (χ0n) is 15.5. The highest BCUT2D eigenvalue weighted by atomic mass is 16.5. The van der Waals surface area contributed by atoms with Gasteiger partial charge < -0.3 is 15.4 Å². The minimum absolute atomic E-state index is 0.296. The third-order valence-corrected chi connectivity index (χ3v) is 4.25. The number of rotatable bonds is 7. The fraction of sp³-hybridized carbons (Fsp3) is 0.632. The Bertz CT molecular complexity index is 524.